The highest BCUT2D eigenvalue weighted by atomic mass is 15.4. The molecular weight excluding hydrogens is 370 g/mol. The van der Waals surface area contributed by atoms with Crippen LogP contribution >= 0.6 is 0 Å². The van der Waals surface area contributed by atoms with Crippen LogP contribution < -0.4 is 5.43 Å². The average molecular weight is 389 g/mol. The number of hydrogen-bond acceptors (Lipinski definition) is 4. The second-order valence-electron chi connectivity index (χ2n) is 6.84. The first-order chi connectivity index (χ1) is 14.9. The molecule has 0 bridgehead atoms. The van der Waals surface area contributed by atoms with Gasteiger partial charge in [0.05, 0.1) is 23.1 Å². The minimum Gasteiger partial charge on any atom is -0.245 e. The quantitative estimate of drug-likeness (QED) is 0.319. The first-order valence-corrected chi connectivity index (χ1v) is 9.73. The Morgan fingerprint density at radius 3 is 1.93 bits per heavy atom. The fourth-order valence-corrected chi connectivity index (χ4v) is 3.28. The topological polar surface area (TPSA) is 54.6 Å². The minimum absolute atomic E-state index is 0.556. The predicted octanol–water partition coefficient (Wildman–Crippen LogP) is 5.51. The van der Waals surface area contributed by atoms with Gasteiger partial charge in [-0.3, -0.25) is 0 Å². The van der Waals surface area contributed by atoms with E-state index in [4.69, 9.17) is 10.1 Å². The maximum Gasteiger partial charge on any atom is 0.245 e. The SMILES string of the molecule is C(=NNc1nc(-c2ccccc2)cc2cc(-c3ccccc3)nn12)c1ccccc1. The highest BCUT2D eigenvalue weighted by Gasteiger charge is 2.11. The Bertz CT molecular complexity index is 1290. The van der Waals surface area contributed by atoms with E-state index >= 15 is 0 Å². The summed E-state index contributed by atoms with van der Waals surface area (Å²) in [5.41, 5.74) is 8.86. The molecule has 3 aromatic carbocycles. The normalized spacial score (nSPS) is 11.2. The van der Waals surface area contributed by atoms with Crippen molar-refractivity contribution in [1.29, 1.82) is 0 Å². The van der Waals surface area contributed by atoms with Gasteiger partial charge in [0.1, 0.15) is 0 Å². The molecule has 0 unspecified atom stereocenters. The van der Waals surface area contributed by atoms with E-state index in [-0.39, 0.29) is 0 Å². The zero-order valence-electron chi connectivity index (χ0n) is 16.2. The molecule has 0 amide bonds. The number of rotatable bonds is 5. The maximum absolute atomic E-state index is 4.78. The molecule has 0 spiro atoms. The van der Waals surface area contributed by atoms with Gasteiger partial charge in [-0.05, 0) is 17.7 Å². The van der Waals surface area contributed by atoms with Crippen LogP contribution in [0.1, 0.15) is 5.56 Å². The molecule has 0 atom stereocenters. The lowest BCUT2D eigenvalue weighted by Crippen LogP contribution is -2.04. The van der Waals surface area contributed by atoms with Crippen LogP contribution in [0.5, 0.6) is 0 Å². The number of hydrazone groups is 1. The number of nitrogens with zero attached hydrogens (tertiary/aromatic N) is 4. The van der Waals surface area contributed by atoms with E-state index in [2.05, 4.69) is 16.6 Å². The van der Waals surface area contributed by atoms with Crippen molar-refractivity contribution in [3.63, 3.8) is 0 Å². The van der Waals surface area contributed by atoms with Crippen molar-refractivity contribution in [2.45, 2.75) is 0 Å². The number of fused-ring (bicyclic) bond motifs is 1. The van der Waals surface area contributed by atoms with Gasteiger partial charge < -0.3 is 0 Å². The van der Waals surface area contributed by atoms with Crippen molar-refractivity contribution >= 4 is 17.7 Å². The van der Waals surface area contributed by atoms with Crippen molar-refractivity contribution < 1.29 is 0 Å². The Labute approximate surface area is 174 Å². The van der Waals surface area contributed by atoms with E-state index in [1.165, 1.54) is 0 Å². The minimum atomic E-state index is 0.556. The van der Waals surface area contributed by atoms with Crippen LogP contribution in [0.4, 0.5) is 5.95 Å². The second kappa shape index (κ2) is 8.01. The fraction of sp³-hybridized carbons (Fsp3) is 0. The van der Waals surface area contributed by atoms with E-state index in [1.54, 1.807) is 10.7 Å². The van der Waals surface area contributed by atoms with E-state index in [0.717, 1.165) is 33.6 Å². The van der Waals surface area contributed by atoms with Gasteiger partial charge in [-0.1, -0.05) is 91.0 Å². The Morgan fingerprint density at radius 2 is 1.27 bits per heavy atom. The zero-order valence-corrected chi connectivity index (χ0v) is 16.2. The fourth-order valence-electron chi connectivity index (χ4n) is 3.28. The van der Waals surface area contributed by atoms with E-state index in [0.29, 0.717) is 5.95 Å². The molecule has 2 heterocycles. The highest BCUT2D eigenvalue weighted by molar-refractivity contribution is 5.80. The molecule has 5 aromatic rings. The molecule has 0 saturated carbocycles. The van der Waals surface area contributed by atoms with E-state index < -0.39 is 0 Å². The van der Waals surface area contributed by atoms with Gasteiger partial charge in [-0.25, -0.2) is 10.4 Å². The molecule has 0 aliphatic carbocycles. The van der Waals surface area contributed by atoms with Gasteiger partial charge >= 0.3 is 0 Å². The molecule has 0 radical (unpaired) electrons. The molecule has 5 nitrogen and oxygen atoms in total. The van der Waals surface area contributed by atoms with Crippen molar-refractivity contribution in [1.82, 2.24) is 14.6 Å². The van der Waals surface area contributed by atoms with Crippen LogP contribution in [0, 0.1) is 0 Å². The first kappa shape index (κ1) is 17.8. The summed E-state index contributed by atoms with van der Waals surface area (Å²) in [5.74, 6) is 0.556. The van der Waals surface area contributed by atoms with Crippen LogP contribution in [-0.2, 0) is 0 Å². The number of aromatic nitrogens is 3. The molecule has 0 aliphatic rings. The highest BCUT2D eigenvalue weighted by Crippen LogP contribution is 2.25. The van der Waals surface area contributed by atoms with Gasteiger partial charge in [-0.2, -0.15) is 14.7 Å². The summed E-state index contributed by atoms with van der Waals surface area (Å²) in [4.78, 5) is 4.78. The smallest absolute Gasteiger partial charge is 0.245 e. The summed E-state index contributed by atoms with van der Waals surface area (Å²) in [6.45, 7) is 0. The Hall–Kier alpha value is -4.25. The van der Waals surface area contributed by atoms with E-state index in [9.17, 15) is 0 Å². The van der Waals surface area contributed by atoms with E-state index in [1.807, 2.05) is 97.1 Å². The third-order valence-corrected chi connectivity index (χ3v) is 4.77. The van der Waals surface area contributed by atoms with Crippen LogP contribution in [0.15, 0.2) is 108 Å². The largest absolute Gasteiger partial charge is 0.245 e. The van der Waals surface area contributed by atoms with Gasteiger partial charge in [0.15, 0.2) is 0 Å². The molecule has 5 heteroatoms. The molecule has 0 saturated heterocycles. The Balaban J connectivity index is 1.59. The lowest BCUT2D eigenvalue weighted by molar-refractivity contribution is 0.925. The van der Waals surface area contributed by atoms with Crippen LogP contribution in [-0.4, -0.2) is 20.8 Å². The zero-order chi connectivity index (χ0) is 20.2. The number of hydrogen-bond donors (Lipinski definition) is 1. The number of anilines is 1. The molecule has 30 heavy (non-hydrogen) atoms. The summed E-state index contributed by atoms with van der Waals surface area (Å²) >= 11 is 0. The third-order valence-electron chi connectivity index (χ3n) is 4.77. The number of benzene rings is 3. The lowest BCUT2D eigenvalue weighted by Gasteiger charge is -2.07. The summed E-state index contributed by atoms with van der Waals surface area (Å²) in [6.07, 6.45) is 1.77. The van der Waals surface area contributed by atoms with Crippen molar-refractivity contribution in [2.24, 2.45) is 5.10 Å². The molecule has 1 N–H and O–H groups in total. The third kappa shape index (κ3) is 3.69. The van der Waals surface area contributed by atoms with Gasteiger partial charge in [0, 0.05) is 11.1 Å². The van der Waals surface area contributed by atoms with Crippen molar-refractivity contribution in [3.8, 4) is 22.5 Å². The Kier molecular flexibility index (Phi) is 4.76. The second-order valence-corrected chi connectivity index (χ2v) is 6.84. The predicted molar refractivity (Wildman–Crippen MR) is 122 cm³/mol. The Morgan fingerprint density at radius 1 is 0.700 bits per heavy atom. The molecular formula is C25H19N5. The summed E-state index contributed by atoms with van der Waals surface area (Å²) in [5, 5.41) is 9.14. The van der Waals surface area contributed by atoms with Crippen LogP contribution in [0.3, 0.4) is 0 Å². The summed E-state index contributed by atoms with van der Waals surface area (Å²) in [7, 11) is 0. The van der Waals surface area contributed by atoms with Gasteiger partial charge in [0.2, 0.25) is 5.95 Å². The molecule has 0 fully saturated rings. The maximum atomic E-state index is 4.78. The monoisotopic (exact) mass is 389 g/mol. The van der Waals surface area contributed by atoms with Gasteiger partial charge in [-0.15, -0.1) is 0 Å². The molecule has 2 aromatic heterocycles. The van der Waals surface area contributed by atoms with Crippen molar-refractivity contribution in [3.05, 3.63) is 109 Å². The van der Waals surface area contributed by atoms with Gasteiger partial charge in [0.25, 0.3) is 0 Å². The lowest BCUT2D eigenvalue weighted by atomic mass is 10.1. The summed E-state index contributed by atoms with van der Waals surface area (Å²) < 4.78 is 1.79. The van der Waals surface area contributed by atoms with Crippen LogP contribution in [0.2, 0.25) is 0 Å². The molecule has 144 valence electrons. The summed E-state index contributed by atoms with van der Waals surface area (Å²) in [6, 6.07) is 34.3. The average Bonchev–Trinajstić information content (AvgIpc) is 3.25. The molecule has 5 rings (SSSR count). The first-order valence-electron chi connectivity index (χ1n) is 9.73. The van der Waals surface area contributed by atoms with Crippen LogP contribution in [0.25, 0.3) is 28.0 Å². The molecule has 0 aliphatic heterocycles. The standard InChI is InChI=1S/C25H19N5/c1-4-10-19(11-5-1)18-26-28-25-27-23(20-12-6-2-7-13-20)16-22-17-24(29-30(22)25)21-14-8-3-9-15-21/h1-18H,(H,27,28). The number of nitrogens with one attached hydrogen (secondary N) is 1. The van der Waals surface area contributed by atoms with Crippen molar-refractivity contribution in [2.75, 3.05) is 5.43 Å².